The predicted octanol–water partition coefficient (Wildman–Crippen LogP) is 2.05. The van der Waals surface area contributed by atoms with Crippen molar-refractivity contribution in [2.75, 3.05) is 24.5 Å². The first kappa shape index (κ1) is 11.9. The molecule has 0 saturated carbocycles. The lowest BCUT2D eigenvalue weighted by Gasteiger charge is -2.40. The van der Waals surface area contributed by atoms with Crippen molar-refractivity contribution in [1.82, 2.24) is 5.32 Å². The van der Waals surface area contributed by atoms with E-state index in [1.807, 2.05) is 12.1 Å². The first-order chi connectivity index (χ1) is 8.27. The molecule has 90 valence electrons. The molecule has 1 fully saturated rings. The molecule has 0 amide bonds. The number of aryl methyl sites for hydroxylation is 1. The van der Waals surface area contributed by atoms with E-state index in [9.17, 15) is 5.26 Å². The van der Waals surface area contributed by atoms with Crippen molar-refractivity contribution in [3.05, 3.63) is 29.3 Å². The van der Waals surface area contributed by atoms with E-state index in [-0.39, 0.29) is 0 Å². The highest BCUT2D eigenvalue weighted by Gasteiger charge is 2.26. The number of nitrogens with zero attached hydrogens (tertiary/aromatic N) is 2. The fourth-order valence-electron chi connectivity index (χ4n) is 2.34. The van der Waals surface area contributed by atoms with Gasteiger partial charge in [0.1, 0.15) is 6.07 Å². The summed E-state index contributed by atoms with van der Waals surface area (Å²) in [4.78, 5) is 2.39. The zero-order valence-electron chi connectivity index (χ0n) is 10.5. The van der Waals surface area contributed by atoms with Crippen molar-refractivity contribution >= 4 is 5.69 Å². The Morgan fingerprint density at radius 3 is 2.76 bits per heavy atom. The molecular formula is C14H19N3. The highest BCUT2D eigenvalue weighted by molar-refractivity contribution is 5.64. The van der Waals surface area contributed by atoms with Gasteiger partial charge in [-0.2, -0.15) is 5.26 Å². The minimum Gasteiger partial charge on any atom is -0.365 e. The summed E-state index contributed by atoms with van der Waals surface area (Å²) in [6, 6.07) is 8.82. The van der Waals surface area contributed by atoms with Crippen molar-refractivity contribution in [3.8, 4) is 6.07 Å². The van der Waals surface area contributed by atoms with Crippen LogP contribution in [0.15, 0.2) is 18.2 Å². The SMILES string of the molecule is CCCN(c1c(C)cccc1C#N)C1CNC1. The first-order valence-corrected chi connectivity index (χ1v) is 6.25. The van der Waals surface area contributed by atoms with E-state index >= 15 is 0 Å². The third-order valence-electron chi connectivity index (χ3n) is 3.31. The maximum Gasteiger partial charge on any atom is 0.101 e. The number of hydrogen-bond acceptors (Lipinski definition) is 3. The summed E-state index contributed by atoms with van der Waals surface area (Å²) in [6.07, 6.45) is 1.11. The van der Waals surface area contributed by atoms with Gasteiger partial charge in [-0.15, -0.1) is 0 Å². The Balaban J connectivity index is 2.37. The number of nitrogens with one attached hydrogen (secondary N) is 1. The molecule has 1 aliphatic rings. The molecule has 0 aromatic heterocycles. The van der Waals surface area contributed by atoms with Gasteiger partial charge in [-0.05, 0) is 25.0 Å². The quantitative estimate of drug-likeness (QED) is 0.859. The fraction of sp³-hybridized carbons (Fsp3) is 0.500. The topological polar surface area (TPSA) is 39.1 Å². The van der Waals surface area contributed by atoms with Gasteiger partial charge in [-0.3, -0.25) is 0 Å². The Morgan fingerprint density at radius 2 is 2.24 bits per heavy atom. The minimum absolute atomic E-state index is 0.545. The van der Waals surface area contributed by atoms with Crippen LogP contribution in [0.4, 0.5) is 5.69 Å². The molecule has 3 nitrogen and oxygen atoms in total. The van der Waals surface area contributed by atoms with Crippen molar-refractivity contribution in [2.45, 2.75) is 26.3 Å². The molecule has 1 N–H and O–H groups in total. The Kier molecular flexibility index (Phi) is 3.65. The van der Waals surface area contributed by atoms with E-state index in [4.69, 9.17) is 0 Å². The van der Waals surface area contributed by atoms with E-state index < -0.39 is 0 Å². The van der Waals surface area contributed by atoms with Gasteiger partial charge >= 0.3 is 0 Å². The predicted molar refractivity (Wildman–Crippen MR) is 70.2 cm³/mol. The van der Waals surface area contributed by atoms with Gasteiger partial charge in [-0.1, -0.05) is 19.1 Å². The van der Waals surface area contributed by atoms with Crippen molar-refractivity contribution < 1.29 is 0 Å². The van der Waals surface area contributed by atoms with Crippen LogP contribution in [0.1, 0.15) is 24.5 Å². The lowest BCUT2D eigenvalue weighted by Crippen LogP contribution is -2.58. The van der Waals surface area contributed by atoms with E-state index in [0.717, 1.165) is 37.3 Å². The number of nitriles is 1. The van der Waals surface area contributed by atoms with Crippen LogP contribution in [0.2, 0.25) is 0 Å². The molecule has 0 radical (unpaired) electrons. The fourth-order valence-corrected chi connectivity index (χ4v) is 2.34. The molecule has 0 spiro atoms. The average molecular weight is 229 g/mol. The van der Waals surface area contributed by atoms with Crippen LogP contribution in [0.25, 0.3) is 0 Å². The van der Waals surface area contributed by atoms with E-state index in [1.165, 1.54) is 5.56 Å². The van der Waals surface area contributed by atoms with Crippen LogP contribution in [-0.2, 0) is 0 Å². The monoisotopic (exact) mass is 229 g/mol. The smallest absolute Gasteiger partial charge is 0.101 e. The molecule has 1 aromatic rings. The summed E-state index contributed by atoms with van der Waals surface area (Å²) in [5.41, 5.74) is 3.12. The van der Waals surface area contributed by atoms with Crippen LogP contribution >= 0.6 is 0 Å². The molecule has 1 saturated heterocycles. The molecule has 2 rings (SSSR count). The normalized spacial score (nSPS) is 15.1. The summed E-state index contributed by atoms with van der Waals surface area (Å²) in [7, 11) is 0. The minimum atomic E-state index is 0.545. The molecule has 0 aliphatic carbocycles. The van der Waals surface area contributed by atoms with Gasteiger partial charge < -0.3 is 10.2 Å². The lowest BCUT2D eigenvalue weighted by molar-refractivity contribution is 0.412. The Labute approximate surface area is 103 Å². The molecule has 0 unspecified atom stereocenters. The average Bonchev–Trinajstić information content (AvgIpc) is 2.26. The molecule has 0 bridgehead atoms. The second kappa shape index (κ2) is 5.20. The highest BCUT2D eigenvalue weighted by atomic mass is 15.2. The van der Waals surface area contributed by atoms with Crippen LogP contribution in [0.3, 0.4) is 0 Å². The molecule has 1 aliphatic heterocycles. The maximum absolute atomic E-state index is 9.24. The molecule has 1 aromatic carbocycles. The first-order valence-electron chi connectivity index (χ1n) is 6.25. The van der Waals surface area contributed by atoms with Crippen molar-refractivity contribution in [2.24, 2.45) is 0 Å². The molecule has 1 heterocycles. The number of para-hydroxylation sites is 1. The highest BCUT2D eigenvalue weighted by Crippen LogP contribution is 2.27. The second-order valence-electron chi connectivity index (χ2n) is 4.59. The lowest BCUT2D eigenvalue weighted by atomic mass is 10.0. The third-order valence-corrected chi connectivity index (χ3v) is 3.31. The zero-order valence-corrected chi connectivity index (χ0v) is 10.5. The van der Waals surface area contributed by atoms with Crippen LogP contribution in [0.5, 0.6) is 0 Å². The number of hydrogen-bond donors (Lipinski definition) is 1. The largest absolute Gasteiger partial charge is 0.365 e. The van der Waals surface area contributed by atoms with Gasteiger partial charge in [0.15, 0.2) is 0 Å². The number of benzene rings is 1. The van der Waals surface area contributed by atoms with Crippen molar-refractivity contribution in [3.63, 3.8) is 0 Å². The molecule has 17 heavy (non-hydrogen) atoms. The van der Waals surface area contributed by atoms with Crippen LogP contribution in [-0.4, -0.2) is 25.7 Å². The maximum atomic E-state index is 9.24. The Hall–Kier alpha value is -1.53. The standard InChI is InChI=1S/C14H19N3/c1-3-7-17(13-9-16-10-13)14-11(2)5-4-6-12(14)8-15/h4-6,13,16H,3,7,9-10H2,1-2H3. The molecule has 0 atom stereocenters. The third kappa shape index (κ3) is 2.27. The summed E-state index contributed by atoms with van der Waals surface area (Å²) >= 11 is 0. The van der Waals surface area contributed by atoms with Gasteiger partial charge in [0.2, 0.25) is 0 Å². The molecule has 3 heteroatoms. The summed E-state index contributed by atoms with van der Waals surface area (Å²) in [6.45, 7) is 7.35. The summed E-state index contributed by atoms with van der Waals surface area (Å²) in [5.74, 6) is 0. The van der Waals surface area contributed by atoms with Gasteiger partial charge in [0.25, 0.3) is 0 Å². The van der Waals surface area contributed by atoms with Crippen molar-refractivity contribution in [1.29, 1.82) is 5.26 Å². The van der Waals surface area contributed by atoms with Gasteiger partial charge in [0, 0.05) is 19.6 Å². The Bertz CT molecular complexity index is 430. The summed E-state index contributed by atoms with van der Waals surface area (Å²) in [5, 5.41) is 12.5. The second-order valence-corrected chi connectivity index (χ2v) is 4.59. The zero-order chi connectivity index (χ0) is 12.3. The number of rotatable bonds is 4. The van der Waals surface area contributed by atoms with E-state index in [0.29, 0.717) is 6.04 Å². The van der Waals surface area contributed by atoms with E-state index in [2.05, 4.69) is 36.2 Å². The number of anilines is 1. The van der Waals surface area contributed by atoms with Gasteiger partial charge in [0.05, 0.1) is 17.3 Å². The van der Waals surface area contributed by atoms with E-state index in [1.54, 1.807) is 0 Å². The van der Waals surface area contributed by atoms with Crippen LogP contribution in [0, 0.1) is 18.3 Å². The Morgan fingerprint density at radius 1 is 1.47 bits per heavy atom. The van der Waals surface area contributed by atoms with Gasteiger partial charge in [-0.25, -0.2) is 0 Å². The van der Waals surface area contributed by atoms with Crippen LogP contribution < -0.4 is 10.2 Å². The molecular weight excluding hydrogens is 210 g/mol. The summed E-state index contributed by atoms with van der Waals surface area (Å²) < 4.78 is 0.